The monoisotopic (exact) mass is 253 g/mol. The Morgan fingerprint density at radius 2 is 1.37 bits per heavy atom. The number of rotatable bonds is 4. The van der Waals surface area contributed by atoms with Gasteiger partial charge in [-0.3, -0.25) is 0 Å². The summed E-state index contributed by atoms with van der Waals surface area (Å²) in [7, 11) is 5.74. The smallest absolute Gasteiger partial charge is 0.118 e. The SMILES string of the molecule is C=C(c1ccc(OC)cc1)c1ccc(N(C)C)cc1. The zero-order chi connectivity index (χ0) is 13.8. The molecule has 0 saturated carbocycles. The number of hydrogen-bond donors (Lipinski definition) is 0. The van der Waals surface area contributed by atoms with E-state index >= 15 is 0 Å². The zero-order valence-electron chi connectivity index (χ0n) is 11.7. The summed E-state index contributed by atoms with van der Waals surface area (Å²) in [5.74, 6) is 0.861. The Morgan fingerprint density at radius 1 is 0.895 bits per heavy atom. The molecular formula is C17H19NO. The molecule has 0 aliphatic carbocycles. The third-order valence-electron chi connectivity index (χ3n) is 3.17. The Bertz CT molecular complexity index is 553. The lowest BCUT2D eigenvalue weighted by Gasteiger charge is -2.13. The minimum absolute atomic E-state index is 0.861. The van der Waals surface area contributed by atoms with Crippen molar-refractivity contribution in [2.75, 3.05) is 26.1 Å². The van der Waals surface area contributed by atoms with Gasteiger partial charge in [-0.2, -0.15) is 0 Å². The topological polar surface area (TPSA) is 12.5 Å². The second-order valence-electron chi connectivity index (χ2n) is 4.65. The van der Waals surface area contributed by atoms with E-state index in [1.807, 2.05) is 38.4 Å². The first-order chi connectivity index (χ1) is 9.11. The van der Waals surface area contributed by atoms with Crippen LogP contribution in [-0.4, -0.2) is 21.2 Å². The Kier molecular flexibility index (Phi) is 3.91. The molecule has 2 aromatic rings. The molecule has 2 aromatic carbocycles. The first-order valence-electron chi connectivity index (χ1n) is 6.23. The Balaban J connectivity index is 2.22. The van der Waals surface area contributed by atoms with Gasteiger partial charge in [0.1, 0.15) is 5.75 Å². The standard InChI is InChI=1S/C17H19NO/c1-13(15-7-11-17(19-4)12-8-15)14-5-9-16(10-6-14)18(2)3/h5-12H,1H2,2-4H3. The van der Waals surface area contributed by atoms with Crippen molar-refractivity contribution in [1.82, 2.24) is 0 Å². The van der Waals surface area contributed by atoms with Crippen LogP contribution in [0, 0.1) is 0 Å². The third kappa shape index (κ3) is 2.97. The van der Waals surface area contributed by atoms with Crippen LogP contribution in [0.4, 0.5) is 5.69 Å². The van der Waals surface area contributed by atoms with Crippen LogP contribution in [0.5, 0.6) is 5.75 Å². The predicted octanol–water partition coefficient (Wildman–Crippen LogP) is 3.82. The molecule has 0 amide bonds. The fraction of sp³-hybridized carbons (Fsp3) is 0.176. The first-order valence-corrected chi connectivity index (χ1v) is 6.23. The lowest BCUT2D eigenvalue weighted by molar-refractivity contribution is 0.415. The van der Waals surface area contributed by atoms with Gasteiger partial charge in [-0.1, -0.05) is 30.8 Å². The molecule has 0 bridgehead atoms. The van der Waals surface area contributed by atoms with Crippen molar-refractivity contribution >= 4 is 11.3 Å². The Morgan fingerprint density at radius 3 is 1.79 bits per heavy atom. The van der Waals surface area contributed by atoms with E-state index in [-0.39, 0.29) is 0 Å². The molecular weight excluding hydrogens is 234 g/mol. The zero-order valence-corrected chi connectivity index (χ0v) is 11.7. The first kappa shape index (κ1) is 13.2. The van der Waals surface area contributed by atoms with Crippen LogP contribution < -0.4 is 9.64 Å². The maximum absolute atomic E-state index is 5.16. The van der Waals surface area contributed by atoms with Gasteiger partial charge >= 0.3 is 0 Å². The number of nitrogens with zero attached hydrogens (tertiary/aromatic N) is 1. The molecule has 2 nitrogen and oxygen atoms in total. The molecule has 2 rings (SSSR count). The summed E-state index contributed by atoms with van der Waals surface area (Å²) in [5, 5.41) is 0. The molecule has 2 heteroatoms. The van der Waals surface area contributed by atoms with Crippen molar-refractivity contribution in [3.05, 3.63) is 66.2 Å². The Hall–Kier alpha value is -2.22. The average molecular weight is 253 g/mol. The molecule has 19 heavy (non-hydrogen) atoms. The van der Waals surface area contributed by atoms with Gasteiger partial charge in [-0.25, -0.2) is 0 Å². The number of anilines is 1. The fourth-order valence-electron chi connectivity index (χ4n) is 1.92. The van der Waals surface area contributed by atoms with E-state index in [9.17, 15) is 0 Å². The molecule has 98 valence electrons. The molecule has 0 N–H and O–H groups in total. The summed E-state index contributed by atoms with van der Waals surface area (Å²) in [5.41, 5.74) is 4.45. The molecule has 0 aliphatic rings. The van der Waals surface area contributed by atoms with Crippen LogP contribution >= 0.6 is 0 Å². The van der Waals surface area contributed by atoms with Crippen molar-refractivity contribution in [3.8, 4) is 5.75 Å². The van der Waals surface area contributed by atoms with Gasteiger partial charge in [-0.05, 0) is 41.0 Å². The van der Waals surface area contributed by atoms with Crippen LogP contribution in [0.1, 0.15) is 11.1 Å². The van der Waals surface area contributed by atoms with E-state index in [2.05, 4.69) is 35.7 Å². The number of methoxy groups -OCH3 is 1. The summed E-state index contributed by atoms with van der Waals surface area (Å²) < 4.78 is 5.16. The second kappa shape index (κ2) is 5.61. The van der Waals surface area contributed by atoms with Gasteiger partial charge in [0, 0.05) is 19.8 Å². The summed E-state index contributed by atoms with van der Waals surface area (Å²) in [6.07, 6.45) is 0. The van der Waals surface area contributed by atoms with Crippen LogP contribution in [0.3, 0.4) is 0 Å². The van der Waals surface area contributed by atoms with Crippen molar-refractivity contribution in [1.29, 1.82) is 0 Å². The van der Waals surface area contributed by atoms with Crippen molar-refractivity contribution in [2.24, 2.45) is 0 Å². The summed E-state index contributed by atoms with van der Waals surface area (Å²) in [6.45, 7) is 4.17. The Labute approximate surface area is 114 Å². The van der Waals surface area contributed by atoms with Crippen molar-refractivity contribution in [2.45, 2.75) is 0 Å². The minimum atomic E-state index is 0.861. The van der Waals surface area contributed by atoms with E-state index in [1.165, 1.54) is 5.69 Å². The predicted molar refractivity (Wildman–Crippen MR) is 81.9 cm³/mol. The van der Waals surface area contributed by atoms with Gasteiger partial charge in [0.15, 0.2) is 0 Å². The van der Waals surface area contributed by atoms with Gasteiger partial charge in [0.25, 0.3) is 0 Å². The van der Waals surface area contributed by atoms with E-state index < -0.39 is 0 Å². The summed E-state index contributed by atoms with van der Waals surface area (Å²) in [4.78, 5) is 2.08. The second-order valence-corrected chi connectivity index (χ2v) is 4.65. The highest BCUT2D eigenvalue weighted by Gasteiger charge is 2.03. The van der Waals surface area contributed by atoms with Gasteiger partial charge in [0.2, 0.25) is 0 Å². The van der Waals surface area contributed by atoms with Crippen molar-refractivity contribution < 1.29 is 4.74 Å². The lowest BCUT2D eigenvalue weighted by Crippen LogP contribution is -2.08. The van der Waals surface area contributed by atoms with E-state index in [0.29, 0.717) is 0 Å². The maximum atomic E-state index is 5.16. The average Bonchev–Trinajstić information content (AvgIpc) is 2.46. The van der Waals surface area contributed by atoms with Gasteiger partial charge < -0.3 is 9.64 Å². The lowest BCUT2D eigenvalue weighted by atomic mass is 9.99. The highest BCUT2D eigenvalue weighted by Crippen LogP contribution is 2.25. The van der Waals surface area contributed by atoms with E-state index in [1.54, 1.807) is 7.11 Å². The molecule has 0 radical (unpaired) electrons. The fourth-order valence-corrected chi connectivity index (χ4v) is 1.92. The summed E-state index contributed by atoms with van der Waals surface area (Å²) >= 11 is 0. The maximum Gasteiger partial charge on any atom is 0.118 e. The van der Waals surface area contributed by atoms with Gasteiger partial charge in [0.05, 0.1) is 7.11 Å². The molecule has 0 heterocycles. The summed E-state index contributed by atoms with van der Waals surface area (Å²) in [6, 6.07) is 16.4. The third-order valence-corrected chi connectivity index (χ3v) is 3.17. The van der Waals surface area contributed by atoms with E-state index in [0.717, 1.165) is 22.4 Å². The largest absolute Gasteiger partial charge is 0.497 e. The van der Waals surface area contributed by atoms with Crippen LogP contribution in [0.2, 0.25) is 0 Å². The van der Waals surface area contributed by atoms with Crippen LogP contribution in [0.25, 0.3) is 5.57 Å². The van der Waals surface area contributed by atoms with E-state index in [4.69, 9.17) is 4.74 Å². The molecule has 0 aliphatic heterocycles. The van der Waals surface area contributed by atoms with Crippen LogP contribution in [-0.2, 0) is 0 Å². The molecule has 0 saturated heterocycles. The number of ether oxygens (including phenoxy) is 1. The van der Waals surface area contributed by atoms with Crippen molar-refractivity contribution in [3.63, 3.8) is 0 Å². The quantitative estimate of drug-likeness (QED) is 0.821. The van der Waals surface area contributed by atoms with Crippen LogP contribution in [0.15, 0.2) is 55.1 Å². The minimum Gasteiger partial charge on any atom is -0.497 e. The highest BCUT2D eigenvalue weighted by atomic mass is 16.5. The molecule has 0 fully saturated rings. The normalized spacial score (nSPS) is 10.1. The van der Waals surface area contributed by atoms with Gasteiger partial charge in [-0.15, -0.1) is 0 Å². The molecule has 0 unspecified atom stereocenters. The number of hydrogen-bond acceptors (Lipinski definition) is 2. The molecule has 0 spiro atoms. The molecule has 0 aromatic heterocycles. The number of benzene rings is 2. The molecule has 0 atom stereocenters. The highest BCUT2D eigenvalue weighted by molar-refractivity contribution is 5.78.